The van der Waals surface area contributed by atoms with Crippen molar-refractivity contribution in [3.8, 4) is 11.3 Å². The minimum atomic E-state index is -0.117. The minimum Gasteiger partial charge on any atom is -0.359 e. The van der Waals surface area contributed by atoms with Gasteiger partial charge in [0, 0.05) is 24.4 Å². The highest BCUT2D eigenvalue weighted by molar-refractivity contribution is 5.60. The molecule has 5 nitrogen and oxygen atoms in total. The molecule has 0 fully saturated rings. The largest absolute Gasteiger partial charge is 0.359 e. The summed E-state index contributed by atoms with van der Waals surface area (Å²) in [6.45, 7) is 6.11. The molecule has 0 bridgehead atoms. The first kappa shape index (κ1) is 11.9. The molecule has 0 saturated carbocycles. The highest BCUT2D eigenvalue weighted by Crippen LogP contribution is 2.26. The van der Waals surface area contributed by atoms with Crippen LogP contribution in [0.5, 0.6) is 0 Å². The van der Waals surface area contributed by atoms with E-state index in [1.807, 2.05) is 24.7 Å². The average Bonchev–Trinajstić information content (AvgIpc) is 2.87. The van der Waals surface area contributed by atoms with E-state index in [0.717, 1.165) is 22.7 Å². The van der Waals surface area contributed by atoms with Crippen molar-refractivity contribution in [3.05, 3.63) is 23.7 Å². The molecule has 0 aliphatic rings. The van der Waals surface area contributed by atoms with Crippen LogP contribution in [0.2, 0.25) is 0 Å². The number of nitrogens with zero attached hydrogens (tertiary/aromatic N) is 3. The van der Waals surface area contributed by atoms with Crippen molar-refractivity contribution in [2.45, 2.75) is 26.8 Å². The van der Waals surface area contributed by atoms with Crippen molar-refractivity contribution in [2.75, 3.05) is 0 Å². The molecular formula is C12H18N4O. The van der Waals surface area contributed by atoms with Gasteiger partial charge in [0.25, 0.3) is 0 Å². The van der Waals surface area contributed by atoms with Gasteiger partial charge in [-0.05, 0) is 12.8 Å². The molecule has 0 spiro atoms. The Bertz CT molecular complexity index is 512. The number of hydrogen-bond acceptors (Lipinski definition) is 4. The molecule has 0 aliphatic carbocycles. The predicted octanol–water partition coefficient (Wildman–Crippen LogP) is 2.04. The molecule has 92 valence electrons. The molecular weight excluding hydrogens is 216 g/mol. The topological polar surface area (TPSA) is 69.9 Å². The lowest BCUT2D eigenvalue weighted by atomic mass is 10.0. The van der Waals surface area contributed by atoms with Gasteiger partial charge in [0.15, 0.2) is 5.76 Å². The molecule has 2 rings (SSSR count). The summed E-state index contributed by atoms with van der Waals surface area (Å²) in [4.78, 5) is 0. The Morgan fingerprint density at radius 2 is 2.12 bits per heavy atom. The van der Waals surface area contributed by atoms with Gasteiger partial charge in [-0.15, -0.1) is 0 Å². The van der Waals surface area contributed by atoms with Crippen LogP contribution in [0, 0.1) is 12.8 Å². The van der Waals surface area contributed by atoms with E-state index in [4.69, 9.17) is 10.3 Å². The molecule has 2 heterocycles. The van der Waals surface area contributed by atoms with Crippen molar-refractivity contribution < 1.29 is 4.52 Å². The van der Waals surface area contributed by atoms with Crippen LogP contribution in [0.1, 0.15) is 31.3 Å². The maximum atomic E-state index is 6.02. The molecule has 0 aromatic carbocycles. The van der Waals surface area contributed by atoms with Gasteiger partial charge in [0.2, 0.25) is 0 Å². The first-order chi connectivity index (χ1) is 8.00. The Morgan fingerprint density at radius 1 is 1.41 bits per heavy atom. The molecule has 1 unspecified atom stereocenters. The van der Waals surface area contributed by atoms with Gasteiger partial charge in [-0.25, -0.2) is 0 Å². The predicted molar refractivity (Wildman–Crippen MR) is 65.2 cm³/mol. The van der Waals surface area contributed by atoms with Crippen LogP contribution in [0.3, 0.4) is 0 Å². The number of aryl methyl sites for hydroxylation is 1. The van der Waals surface area contributed by atoms with E-state index >= 15 is 0 Å². The summed E-state index contributed by atoms with van der Waals surface area (Å²) in [6, 6.07) is 1.78. The van der Waals surface area contributed by atoms with E-state index in [1.165, 1.54) is 0 Å². The summed E-state index contributed by atoms with van der Waals surface area (Å²) >= 11 is 0. The Labute approximate surface area is 101 Å². The quantitative estimate of drug-likeness (QED) is 0.882. The van der Waals surface area contributed by atoms with Gasteiger partial charge >= 0.3 is 0 Å². The zero-order valence-electron chi connectivity index (χ0n) is 10.6. The Morgan fingerprint density at radius 3 is 2.65 bits per heavy atom. The summed E-state index contributed by atoms with van der Waals surface area (Å²) in [5.41, 5.74) is 8.85. The van der Waals surface area contributed by atoms with Crippen LogP contribution in [0.25, 0.3) is 11.3 Å². The first-order valence-electron chi connectivity index (χ1n) is 5.72. The summed E-state index contributed by atoms with van der Waals surface area (Å²) in [7, 11) is 1.90. The number of aromatic nitrogens is 3. The maximum Gasteiger partial charge on any atom is 0.154 e. The second kappa shape index (κ2) is 4.33. The minimum absolute atomic E-state index is 0.117. The number of nitrogens with two attached hydrogens (primary N) is 1. The molecule has 0 amide bonds. The van der Waals surface area contributed by atoms with E-state index in [1.54, 1.807) is 6.20 Å². The molecule has 0 saturated heterocycles. The highest BCUT2D eigenvalue weighted by atomic mass is 16.5. The van der Waals surface area contributed by atoms with Crippen LogP contribution in [0.15, 0.2) is 16.8 Å². The van der Waals surface area contributed by atoms with Crippen molar-refractivity contribution in [3.63, 3.8) is 0 Å². The highest BCUT2D eigenvalue weighted by Gasteiger charge is 2.18. The van der Waals surface area contributed by atoms with Crippen molar-refractivity contribution >= 4 is 0 Å². The summed E-state index contributed by atoms with van der Waals surface area (Å²) < 4.78 is 7.11. The van der Waals surface area contributed by atoms with E-state index < -0.39 is 0 Å². The van der Waals surface area contributed by atoms with Gasteiger partial charge in [0.1, 0.15) is 5.69 Å². The number of rotatable bonds is 3. The third-order valence-corrected chi connectivity index (χ3v) is 3.09. The van der Waals surface area contributed by atoms with Gasteiger partial charge in [0.05, 0.1) is 12.2 Å². The fraction of sp³-hybridized carbons (Fsp3) is 0.500. The normalized spacial score (nSPS) is 13.3. The fourth-order valence-corrected chi connectivity index (χ4v) is 1.65. The smallest absolute Gasteiger partial charge is 0.154 e. The first-order valence-corrected chi connectivity index (χ1v) is 5.72. The standard InChI is InChI=1S/C12H18N4O/c1-7(2)12(13)11-5-10(15-17-11)9-6-14-16(4)8(9)3/h5-7,12H,13H2,1-4H3. The molecule has 1 atom stereocenters. The van der Waals surface area contributed by atoms with Crippen molar-refractivity contribution in [2.24, 2.45) is 18.7 Å². The molecule has 2 aromatic rings. The van der Waals surface area contributed by atoms with E-state index in [2.05, 4.69) is 24.1 Å². The zero-order valence-corrected chi connectivity index (χ0v) is 10.6. The van der Waals surface area contributed by atoms with Crippen molar-refractivity contribution in [1.29, 1.82) is 0 Å². The summed E-state index contributed by atoms with van der Waals surface area (Å²) in [5, 5.41) is 8.24. The average molecular weight is 234 g/mol. The summed E-state index contributed by atoms with van der Waals surface area (Å²) in [5.74, 6) is 1.05. The van der Waals surface area contributed by atoms with Crippen molar-refractivity contribution in [1.82, 2.24) is 14.9 Å². The van der Waals surface area contributed by atoms with Crippen LogP contribution >= 0.6 is 0 Å². The van der Waals surface area contributed by atoms with Crippen LogP contribution in [-0.2, 0) is 7.05 Å². The lowest BCUT2D eigenvalue weighted by molar-refractivity contribution is 0.333. The number of hydrogen-bond donors (Lipinski definition) is 1. The van der Waals surface area contributed by atoms with E-state index in [0.29, 0.717) is 5.92 Å². The maximum absolute atomic E-state index is 6.02. The van der Waals surface area contributed by atoms with Crippen LogP contribution in [-0.4, -0.2) is 14.9 Å². The zero-order chi connectivity index (χ0) is 12.6. The second-order valence-corrected chi connectivity index (χ2v) is 4.65. The van der Waals surface area contributed by atoms with Gasteiger partial charge < -0.3 is 10.3 Å². The molecule has 2 aromatic heterocycles. The SMILES string of the molecule is Cc1c(-c2cc(C(N)C(C)C)on2)cnn1C. The Hall–Kier alpha value is -1.62. The molecule has 0 aliphatic heterocycles. The summed E-state index contributed by atoms with van der Waals surface area (Å²) in [6.07, 6.45) is 1.79. The second-order valence-electron chi connectivity index (χ2n) is 4.65. The molecule has 0 radical (unpaired) electrons. The van der Waals surface area contributed by atoms with Crippen LogP contribution < -0.4 is 5.73 Å². The molecule has 2 N–H and O–H groups in total. The van der Waals surface area contributed by atoms with E-state index in [-0.39, 0.29) is 6.04 Å². The van der Waals surface area contributed by atoms with Gasteiger partial charge in [-0.2, -0.15) is 5.10 Å². The third-order valence-electron chi connectivity index (χ3n) is 3.09. The lowest BCUT2D eigenvalue weighted by Gasteiger charge is -2.10. The Balaban J connectivity index is 2.33. The van der Waals surface area contributed by atoms with Gasteiger partial charge in [-0.3, -0.25) is 4.68 Å². The lowest BCUT2D eigenvalue weighted by Crippen LogP contribution is -2.15. The monoisotopic (exact) mass is 234 g/mol. The fourth-order valence-electron chi connectivity index (χ4n) is 1.65. The van der Waals surface area contributed by atoms with Crippen LogP contribution in [0.4, 0.5) is 0 Å². The van der Waals surface area contributed by atoms with E-state index in [9.17, 15) is 0 Å². The Kier molecular flexibility index (Phi) is 3.02. The van der Waals surface area contributed by atoms with Gasteiger partial charge in [-0.1, -0.05) is 19.0 Å². The molecule has 5 heteroatoms. The third kappa shape index (κ3) is 2.10. The molecule has 17 heavy (non-hydrogen) atoms.